The molecule has 7 nitrogen and oxygen atoms in total. The maximum absolute atomic E-state index is 13.6. The summed E-state index contributed by atoms with van der Waals surface area (Å²) in [6.45, 7) is 12.8. The quantitative estimate of drug-likeness (QED) is 0.519. The summed E-state index contributed by atoms with van der Waals surface area (Å²) < 4.78 is 42.5. The molecule has 0 bridgehead atoms. The maximum Gasteiger partial charge on any atom is 0.523 e. The smallest absolute Gasteiger partial charge is 0.340 e. The number of rotatable bonds is 6. The van der Waals surface area contributed by atoms with E-state index >= 15 is 0 Å². The number of carbonyl (C=O) groups excluding carboxylic acids is 2. The minimum atomic E-state index is -4.68. The van der Waals surface area contributed by atoms with Crippen molar-refractivity contribution in [2.45, 2.75) is 58.7 Å². The molecule has 2 fully saturated rings. The largest absolute Gasteiger partial charge is 0.523 e. The number of carbonyl (C=O) groups is 2. The van der Waals surface area contributed by atoms with Crippen LogP contribution >= 0.6 is 0 Å². The Bertz CT molecular complexity index is 1090. The van der Waals surface area contributed by atoms with E-state index in [0.29, 0.717) is 52.4 Å². The number of benzene rings is 1. The number of alkyl halides is 3. The first-order valence-electron chi connectivity index (χ1n) is 14.0. The van der Waals surface area contributed by atoms with Crippen molar-refractivity contribution in [1.29, 1.82) is 0 Å². The Morgan fingerprint density at radius 1 is 1.00 bits per heavy atom. The summed E-state index contributed by atoms with van der Waals surface area (Å²) in [6, 6.07) is 9.78. The van der Waals surface area contributed by atoms with Crippen LogP contribution in [0.15, 0.2) is 54.1 Å². The second kappa shape index (κ2) is 12.4. The molecule has 220 valence electrons. The minimum absolute atomic E-state index is 0.0482. The first-order valence-corrected chi connectivity index (χ1v) is 14.0. The summed E-state index contributed by atoms with van der Waals surface area (Å²) >= 11 is 0. The summed E-state index contributed by atoms with van der Waals surface area (Å²) in [6.07, 6.45) is -0.476. The van der Waals surface area contributed by atoms with Gasteiger partial charge in [-0.1, -0.05) is 69.3 Å². The topological polar surface area (TPSA) is 56.3 Å². The van der Waals surface area contributed by atoms with Crippen LogP contribution in [-0.4, -0.2) is 102 Å². The van der Waals surface area contributed by atoms with Crippen LogP contribution in [0.2, 0.25) is 0 Å². The Morgan fingerprint density at radius 3 is 2.23 bits per heavy atom. The second-order valence-corrected chi connectivity index (χ2v) is 12.0. The predicted molar refractivity (Wildman–Crippen MR) is 147 cm³/mol. The van der Waals surface area contributed by atoms with Gasteiger partial charge in [0.1, 0.15) is 0 Å². The lowest BCUT2D eigenvalue weighted by Crippen LogP contribution is -2.62. The molecular formula is C30H41F3N4O3. The summed E-state index contributed by atoms with van der Waals surface area (Å²) in [4.78, 5) is 33.6. The Morgan fingerprint density at radius 2 is 1.68 bits per heavy atom. The molecule has 2 amide bonds. The molecule has 4 rings (SSSR count). The molecule has 0 aromatic heterocycles. The van der Waals surface area contributed by atoms with Crippen LogP contribution < -0.4 is 0 Å². The number of hydrogen-bond donors (Lipinski definition) is 0. The highest BCUT2D eigenvalue weighted by Gasteiger charge is 2.41. The van der Waals surface area contributed by atoms with Gasteiger partial charge in [-0.25, -0.2) is 0 Å². The molecule has 2 heterocycles. The number of halogens is 3. The van der Waals surface area contributed by atoms with Crippen LogP contribution in [0.1, 0.15) is 45.7 Å². The lowest BCUT2D eigenvalue weighted by Gasteiger charge is -2.50. The average Bonchev–Trinajstić information content (AvgIpc) is 2.89. The van der Waals surface area contributed by atoms with E-state index in [4.69, 9.17) is 0 Å². The molecule has 1 aromatic carbocycles. The molecule has 2 unspecified atom stereocenters. The molecule has 0 spiro atoms. The number of amides is 2. The van der Waals surface area contributed by atoms with Crippen LogP contribution in [0.5, 0.6) is 0 Å². The van der Waals surface area contributed by atoms with E-state index in [-0.39, 0.29) is 35.7 Å². The van der Waals surface area contributed by atoms with Crippen molar-refractivity contribution >= 4 is 11.8 Å². The van der Waals surface area contributed by atoms with Crippen LogP contribution in [0.4, 0.5) is 13.2 Å². The predicted octanol–water partition coefficient (Wildman–Crippen LogP) is 4.24. The van der Waals surface area contributed by atoms with E-state index in [0.717, 1.165) is 11.1 Å². The number of piperazine rings is 2. The van der Waals surface area contributed by atoms with Crippen LogP contribution in [0, 0.1) is 5.41 Å². The third-order valence-corrected chi connectivity index (χ3v) is 8.08. The van der Waals surface area contributed by atoms with E-state index in [9.17, 15) is 22.8 Å². The highest BCUT2D eigenvalue weighted by Crippen LogP contribution is 2.37. The highest BCUT2D eigenvalue weighted by atomic mass is 19.4. The molecule has 0 N–H and O–H groups in total. The van der Waals surface area contributed by atoms with Gasteiger partial charge in [0.05, 0.1) is 18.7 Å². The molecule has 1 aliphatic carbocycles. The Balaban J connectivity index is 1.50. The molecular weight excluding hydrogens is 521 g/mol. The average molecular weight is 563 g/mol. The van der Waals surface area contributed by atoms with E-state index < -0.39 is 12.5 Å². The van der Waals surface area contributed by atoms with Gasteiger partial charge >= 0.3 is 6.36 Å². The van der Waals surface area contributed by atoms with Gasteiger partial charge in [0, 0.05) is 58.8 Å². The fraction of sp³-hybridized carbons (Fsp3) is 0.600. The van der Waals surface area contributed by atoms with Crippen molar-refractivity contribution in [1.82, 2.24) is 19.6 Å². The number of nitrogens with zero attached hydrogens (tertiary/aromatic N) is 4. The summed E-state index contributed by atoms with van der Waals surface area (Å²) in [5, 5.41) is 0. The third kappa shape index (κ3) is 7.73. The fourth-order valence-corrected chi connectivity index (χ4v) is 5.91. The van der Waals surface area contributed by atoms with Gasteiger partial charge in [0.25, 0.3) is 0 Å². The van der Waals surface area contributed by atoms with Crippen LogP contribution in [0.3, 0.4) is 0 Å². The number of ether oxygens (including phenoxy) is 1. The zero-order valence-electron chi connectivity index (χ0n) is 23.9. The van der Waals surface area contributed by atoms with Gasteiger partial charge in [0.15, 0.2) is 0 Å². The van der Waals surface area contributed by atoms with Crippen LogP contribution in [-0.2, 0) is 14.3 Å². The van der Waals surface area contributed by atoms with Gasteiger partial charge in [0.2, 0.25) is 11.8 Å². The lowest BCUT2D eigenvalue weighted by molar-refractivity contribution is -0.336. The Hall–Kier alpha value is -2.69. The van der Waals surface area contributed by atoms with E-state index in [1.165, 1.54) is 6.08 Å². The van der Waals surface area contributed by atoms with Crippen molar-refractivity contribution in [3.63, 3.8) is 0 Å². The number of hydrogen-bond acceptors (Lipinski definition) is 5. The van der Waals surface area contributed by atoms with Crippen molar-refractivity contribution in [3.8, 4) is 0 Å². The Kier molecular flexibility index (Phi) is 9.42. The summed E-state index contributed by atoms with van der Waals surface area (Å²) in [5.74, 6) is 0.158. The molecule has 1 aromatic rings. The normalized spacial score (nSPS) is 24.1. The zero-order chi connectivity index (χ0) is 29.1. The summed E-state index contributed by atoms with van der Waals surface area (Å²) in [7, 11) is 0. The van der Waals surface area contributed by atoms with Crippen LogP contribution in [0.25, 0.3) is 0 Å². The minimum Gasteiger partial charge on any atom is -0.340 e. The van der Waals surface area contributed by atoms with Crippen molar-refractivity contribution < 1.29 is 27.5 Å². The molecule has 3 aliphatic rings. The van der Waals surface area contributed by atoms with Gasteiger partial charge in [-0.05, 0) is 23.0 Å². The van der Waals surface area contributed by atoms with E-state index in [1.54, 1.807) is 13.0 Å². The van der Waals surface area contributed by atoms with Crippen molar-refractivity contribution in [2.75, 3.05) is 52.4 Å². The standard InChI is InChI=1S/C30H41F3N4O3/c1-22(38)35-16-14-34(15-17-35)21-27(39)37-19-18-36(20-26(37)29(2,3)4)28(23-8-6-5-7-9-23)24-10-12-25(13-11-24)40-30(31,32)33/h5-12,25-26,28H,13-21H2,1-4H3/t25?,26-,28?/m1/s1. The second-order valence-electron chi connectivity index (χ2n) is 12.0. The monoisotopic (exact) mass is 562 g/mol. The van der Waals surface area contributed by atoms with Crippen molar-refractivity contribution in [2.24, 2.45) is 5.41 Å². The lowest BCUT2D eigenvalue weighted by atomic mass is 9.82. The van der Waals surface area contributed by atoms with E-state index in [2.05, 4.69) is 35.3 Å². The highest BCUT2D eigenvalue weighted by molar-refractivity contribution is 5.79. The van der Waals surface area contributed by atoms with Gasteiger partial charge in [-0.15, -0.1) is 13.2 Å². The summed E-state index contributed by atoms with van der Waals surface area (Å²) in [5.41, 5.74) is 1.80. The molecule has 2 saturated heterocycles. The SMILES string of the molecule is CC(=O)N1CCN(CC(=O)N2CCN(C(C3=CCC(OC(F)(F)F)C=C3)c3ccccc3)C[C@@H]2C(C)(C)C)CC1. The molecule has 40 heavy (non-hydrogen) atoms. The zero-order valence-corrected chi connectivity index (χ0v) is 23.9. The molecule has 0 radical (unpaired) electrons. The first kappa shape index (κ1) is 30.3. The first-order chi connectivity index (χ1) is 18.8. The van der Waals surface area contributed by atoms with Gasteiger partial charge < -0.3 is 9.80 Å². The molecule has 10 heteroatoms. The molecule has 0 saturated carbocycles. The third-order valence-electron chi connectivity index (χ3n) is 8.08. The molecule has 3 atom stereocenters. The molecule has 2 aliphatic heterocycles. The van der Waals surface area contributed by atoms with Gasteiger partial charge in [-0.2, -0.15) is 0 Å². The maximum atomic E-state index is 13.6. The van der Waals surface area contributed by atoms with Gasteiger partial charge in [-0.3, -0.25) is 24.1 Å². The van der Waals surface area contributed by atoms with E-state index in [1.807, 2.05) is 46.2 Å². The van der Waals surface area contributed by atoms with Crippen molar-refractivity contribution in [3.05, 3.63) is 59.7 Å². The Labute approximate surface area is 235 Å². The fourth-order valence-electron chi connectivity index (χ4n) is 5.91.